The van der Waals surface area contributed by atoms with Crippen LogP contribution >= 0.6 is 0 Å². The average molecular weight is 580 g/mol. The lowest BCUT2D eigenvalue weighted by Crippen LogP contribution is -1.93. The number of para-hydroxylation sites is 3. The topological polar surface area (TPSA) is 9.86 Å². The number of aromatic nitrogens is 2. The van der Waals surface area contributed by atoms with E-state index in [0.717, 1.165) is 15.7 Å². The van der Waals surface area contributed by atoms with Crippen molar-refractivity contribution in [1.29, 1.82) is 0 Å². The van der Waals surface area contributed by atoms with Crippen molar-refractivity contribution >= 4 is 43.6 Å². The van der Waals surface area contributed by atoms with Crippen molar-refractivity contribution in [3.63, 3.8) is 0 Å². The molecule has 2 aromatic heterocycles. The summed E-state index contributed by atoms with van der Waals surface area (Å²) >= 11 is 0. The monoisotopic (exact) mass is 579 g/mol. The molecule has 0 radical (unpaired) electrons. The van der Waals surface area contributed by atoms with Crippen molar-refractivity contribution in [2.24, 2.45) is 0 Å². The highest BCUT2D eigenvalue weighted by atomic mass is 15.0. The molecule has 7 aromatic carbocycles. The Hall–Kier alpha value is -5.86. The van der Waals surface area contributed by atoms with E-state index in [0.29, 0.717) is 5.69 Å². The van der Waals surface area contributed by atoms with Crippen LogP contribution in [0.5, 0.6) is 0 Å². The van der Waals surface area contributed by atoms with Gasteiger partial charge in [0.25, 0.3) is 0 Å². The zero-order chi connectivity index (χ0) is 45.6. The second-order valence-corrected chi connectivity index (χ2v) is 9.95. The molecule has 0 unspecified atom stereocenters. The molecule has 0 atom stereocenters. The molecule has 0 spiro atoms. The van der Waals surface area contributed by atoms with Crippen molar-refractivity contribution in [3.05, 3.63) is 169 Å². The summed E-state index contributed by atoms with van der Waals surface area (Å²) in [6.45, 7) is 0. The fourth-order valence-electron chi connectivity index (χ4n) is 5.55. The molecule has 0 aliphatic heterocycles. The van der Waals surface area contributed by atoms with Crippen molar-refractivity contribution in [3.8, 4) is 33.6 Å². The van der Waals surface area contributed by atoms with Crippen LogP contribution in [-0.4, -0.2) is 9.13 Å². The van der Waals surface area contributed by atoms with Gasteiger partial charge in [0.2, 0.25) is 0 Å². The summed E-state index contributed by atoms with van der Waals surface area (Å²) in [7, 11) is 0. The minimum Gasteiger partial charge on any atom is -0.309 e. The number of rotatable bonds is 4. The molecule has 9 rings (SSSR count). The summed E-state index contributed by atoms with van der Waals surface area (Å²) in [4.78, 5) is 0. The van der Waals surface area contributed by atoms with Gasteiger partial charge in [0, 0.05) is 32.9 Å². The Morgan fingerprint density at radius 3 is 1.41 bits per heavy atom. The molecule has 0 fully saturated rings. The fourth-order valence-corrected chi connectivity index (χ4v) is 5.55. The number of nitrogens with zero attached hydrogens (tertiary/aromatic N) is 2. The number of hydrogen-bond donors (Lipinski definition) is 0. The van der Waals surface area contributed by atoms with Gasteiger partial charge in [-0.3, -0.25) is 0 Å². The molecular formula is C42H28N2. The van der Waals surface area contributed by atoms with Gasteiger partial charge in [-0.05, 0) is 82.7 Å². The molecule has 2 heteroatoms. The van der Waals surface area contributed by atoms with Gasteiger partial charge in [-0.2, -0.15) is 0 Å². The second-order valence-electron chi connectivity index (χ2n) is 9.95. The summed E-state index contributed by atoms with van der Waals surface area (Å²) < 4.78 is 172. The van der Waals surface area contributed by atoms with Crippen molar-refractivity contribution in [2.45, 2.75) is 0 Å². The van der Waals surface area contributed by atoms with E-state index in [9.17, 15) is 8.22 Å². The van der Waals surface area contributed by atoms with Crippen LogP contribution in [0.2, 0.25) is 0 Å². The van der Waals surface area contributed by atoms with E-state index in [-0.39, 0.29) is 21.8 Å². The molecule has 206 valence electrons. The van der Waals surface area contributed by atoms with E-state index in [4.69, 9.17) is 17.8 Å². The molecule has 2 nitrogen and oxygen atoms in total. The van der Waals surface area contributed by atoms with E-state index >= 15 is 0 Å². The van der Waals surface area contributed by atoms with Crippen LogP contribution in [-0.2, 0) is 0 Å². The summed E-state index contributed by atoms with van der Waals surface area (Å²) in [5.41, 5.74) is -1.00. The maximum atomic E-state index is 9.71. The fraction of sp³-hybridized carbons (Fsp3) is 0. The van der Waals surface area contributed by atoms with Gasteiger partial charge in [0.15, 0.2) is 0 Å². The first-order valence-electron chi connectivity index (χ1n) is 23.1. The Bertz CT molecular complexity index is 3510. The molecule has 0 N–H and O–H groups in total. The SMILES string of the molecule is [2H]c1c([2H])c([2H])c(-n2c3c([2H])c([2H])c([2H])c([2H])c3c3c([2H])c(-c4c([2H])c([2H])c5c(c4[2H])c4c([2H])c([2H])c([2H])c([2H])c4n5-c4ccc(-c5ccccc5)cc4)c([2H])c([2H])c32)c([2H])c1[2H]. The predicted octanol–water partition coefficient (Wildman–Crippen LogP) is 11.2. The lowest BCUT2D eigenvalue weighted by atomic mass is 10.0. The van der Waals surface area contributed by atoms with Crippen LogP contribution in [0, 0.1) is 0 Å². The maximum absolute atomic E-state index is 9.71. The van der Waals surface area contributed by atoms with Gasteiger partial charge in [0.1, 0.15) is 0 Å². The Balaban J connectivity index is 1.46. The smallest absolute Gasteiger partial charge is 0.0645 e. The third kappa shape index (κ3) is 3.82. The van der Waals surface area contributed by atoms with Crippen molar-refractivity contribution < 1.29 is 26.0 Å². The van der Waals surface area contributed by atoms with Crippen molar-refractivity contribution in [1.82, 2.24) is 9.13 Å². The quantitative estimate of drug-likeness (QED) is 0.196. The van der Waals surface area contributed by atoms with Crippen LogP contribution in [0.1, 0.15) is 26.0 Å². The number of fused-ring (bicyclic) bond motifs is 6. The molecule has 0 saturated carbocycles. The van der Waals surface area contributed by atoms with E-state index in [1.54, 1.807) is 24.3 Å². The van der Waals surface area contributed by atoms with Crippen LogP contribution in [0.4, 0.5) is 0 Å². The lowest BCUT2D eigenvalue weighted by Gasteiger charge is -2.10. The Morgan fingerprint density at radius 2 is 0.818 bits per heavy atom. The van der Waals surface area contributed by atoms with Gasteiger partial charge in [-0.25, -0.2) is 0 Å². The normalized spacial score (nSPS) is 17.7. The van der Waals surface area contributed by atoms with Gasteiger partial charge < -0.3 is 9.13 Å². The predicted molar refractivity (Wildman–Crippen MR) is 186 cm³/mol. The van der Waals surface area contributed by atoms with E-state index < -0.39 is 153 Å². The highest BCUT2D eigenvalue weighted by molar-refractivity contribution is 6.12. The Labute approximate surface area is 282 Å². The van der Waals surface area contributed by atoms with E-state index in [2.05, 4.69) is 0 Å². The summed E-state index contributed by atoms with van der Waals surface area (Å²) in [6, 6.07) is 2.51. The van der Waals surface area contributed by atoms with Crippen LogP contribution in [0.15, 0.2) is 169 Å². The first-order valence-corrected chi connectivity index (χ1v) is 13.6. The Kier molecular flexibility index (Phi) is 2.78. The third-order valence-electron chi connectivity index (χ3n) is 7.51. The minimum atomic E-state index is -0.845. The molecule has 0 amide bonds. The van der Waals surface area contributed by atoms with E-state index in [1.165, 1.54) is 4.57 Å². The molecule has 0 bridgehead atoms. The van der Waals surface area contributed by atoms with Gasteiger partial charge in [0.05, 0.1) is 48.1 Å². The zero-order valence-corrected chi connectivity index (χ0v) is 22.6. The molecule has 9 aromatic rings. The van der Waals surface area contributed by atoms with Gasteiger partial charge in [-0.1, -0.05) is 109 Å². The largest absolute Gasteiger partial charge is 0.309 e. The molecular weight excluding hydrogens is 532 g/mol. The first kappa shape index (κ1) is 12.4. The van der Waals surface area contributed by atoms with Crippen LogP contribution in [0.3, 0.4) is 0 Å². The minimum absolute atomic E-state index is 0.117. The Morgan fingerprint density at radius 1 is 0.341 bits per heavy atom. The number of benzene rings is 7. The van der Waals surface area contributed by atoms with Gasteiger partial charge in [-0.15, -0.1) is 0 Å². The van der Waals surface area contributed by atoms with Crippen LogP contribution in [0.25, 0.3) is 77.2 Å². The summed E-state index contributed by atoms with van der Waals surface area (Å²) in [5, 5.41) is -1.28. The summed E-state index contributed by atoms with van der Waals surface area (Å²) in [5.74, 6) is 0. The second kappa shape index (κ2) is 9.86. The molecule has 44 heavy (non-hydrogen) atoms. The van der Waals surface area contributed by atoms with Crippen LogP contribution < -0.4 is 0 Å². The van der Waals surface area contributed by atoms with E-state index in [1.807, 2.05) is 30.3 Å². The standard InChI is InChI=1S/C42H28N2/c1-3-11-29(12-4-1)30-19-23-34(24-20-30)44-40-18-10-8-16-36(40)38-28-32(22-26-42(38)44)31-21-25-41-37(27-31)35-15-7-9-17-39(35)43(41)33-13-5-2-6-14-33/h1-28H/i2D,5D,6D,7D,8D,9D,10D,13D,14D,15D,16D,17D,18D,21D,22D,25D,26D,27D,28D. The zero-order valence-electron chi connectivity index (χ0n) is 41.6. The highest BCUT2D eigenvalue weighted by Crippen LogP contribution is 2.38. The first-order chi connectivity index (χ1) is 29.8. The highest BCUT2D eigenvalue weighted by Gasteiger charge is 2.16. The summed E-state index contributed by atoms with van der Waals surface area (Å²) in [6.07, 6.45) is 0. The maximum Gasteiger partial charge on any atom is 0.0645 e. The number of hydrogen-bond acceptors (Lipinski definition) is 0. The lowest BCUT2D eigenvalue weighted by molar-refractivity contribution is 1.18. The molecule has 0 aliphatic carbocycles. The third-order valence-corrected chi connectivity index (χ3v) is 7.51. The van der Waals surface area contributed by atoms with Gasteiger partial charge >= 0.3 is 0 Å². The van der Waals surface area contributed by atoms with Crippen molar-refractivity contribution in [2.75, 3.05) is 0 Å². The molecule has 0 aliphatic rings. The molecule has 2 heterocycles. The molecule has 0 saturated heterocycles. The average Bonchev–Trinajstić information content (AvgIpc) is 3.83.